The number of hydrogen-bond acceptors (Lipinski definition) is 5. The summed E-state index contributed by atoms with van der Waals surface area (Å²) < 4.78 is 6.71. The van der Waals surface area contributed by atoms with Gasteiger partial charge in [0.05, 0.1) is 30.5 Å². The highest BCUT2D eigenvalue weighted by atomic mass is 35.5. The van der Waals surface area contributed by atoms with Crippen molar-refractivity contribution in [3.05, 3.63) is 58.6 Å². The summed E-state index contributed by atoms with van der Waals surface area (Å²) in [7, 11) is 1.41. The van der Waals surface area contributed by atoms with Crippen LogP contribution in [0.4, 0.5) is 11.5 Å². The topological polar surface area (TPSA) is 123 Å². The van der Waals surface area contributed by atoms with Crippen molar-refractivity contribution in [2.45, 2.75) is 19.4 Å². The number of anilines is 2. The molecule has 0 spiro atoms. The first-order chi connectivity index (χ1) is 15.3. The van der Waals surface area contributed by atoms with Crippen LogP contribution in [0.3, 0.4) is 0 Å². The van der Waals surface area contributed by atoms with Crippen molar-refractivity contribution in [2.24, 2.45) is 0 Å². The van der Waals surface area contributed by atoms with E-state index in [4.69, 9.17) is 16.3 Å². The number of carbonyl (C=O) groups excluding carboxylic acids is 2. The Bertz CT molecular complexity index is 1240. The smallest absolute Gasteiger partial charge is 0.335 e. The van der Waals surface area contributed by atoms with Crippen LogP contribution in [0, 0.1) is 6.92 Å². The van der Waals surface area contributed by atoms with E-state index in [1.807, 2.05) is 19.1 Å². The monoisotopic (exact) mass is 454 g/mol. The lowest BCUT2D eigenvalue weighted by molar-refractivity contribution is -0.125. The molecule has 1 unspecified atom stereocenters. The van der Waals surface area contributed by atoms with Crippen LogP contribution in [0.15, 0.2) is 42.5 Å². The first kappa shape index (κ1) is 21.4. The number of nitrogens with zero attached hydrogens (tertiary/aromatic N) is 2. The maximum Gasteiger partial charge on any atom is 0.335 e. The van der Waals surface area contributed by atoms with Crippen molar-refractivity contribution >= 4 is 40.9 Å². The number of aromatic nitrogens is 2. The lowest BCUT2D eigenvalue weighted by Crippen LogP contribution is -2.36. The van der Waals surface area contributed by atoms with E-state index in [2.05, 4.69) is 15.7 Å². The molecular formula is C22H19ClN4O5. The summed E-state index contributed by atoms with van der Waals surface area (Å²) in [5, 5.41) is 19.9. The molecule has 2 amide bonds. The molecule has 3 aromatic rings. The lowest BCUT2D eigenvalue weighted by Gasteiger charge is -2.24. The fraction of sp³-hybridized carbons (Fsp3) is 0.182. The second-order valence-corrected chi connectivity index (χ2v) is 7.69. The van der Waals surface area contributed by atoms with Crippen LogP contribution < -0.4 is 15.4 Å². The number of methoxy groups -OCH3 is 1. The van der Waals surface area contributed by atoms with Crippen molar-refractivity contribution in [1.29, 1.82) is 0 Å². The molecule has 3 N–H and O–H groups in total. The van der Waals surface area contributed by atoms with Gasteiger partial charge in [0.2, 0.25) is 11.8 Å². The number of amides is 2. The second-order valence-electron chi connectivity index (χ2n) is 7.25. The fourth-order valence-corrected chi connectivity index (χ4v) is 3.70. The van der Waals surface area contributed by atoms with E-state index in [0.29, 0.717) is 27.8 Å². The van der Waals surface area contributed by atoms with Crippen LogP contribution in [0.25, 0.3) is 11.3 Å². The van der Waals surface area contributed by atoms with Gasteiger partial charge in [0, 0.05) is 16.1 Å². The number of hydrogen-bond donors (Lipinski definition) is 3. The van der Waals surface area contributed by atoms with E-state index in [-0.39, 0.29) is 23.6 Å². The average Bonchev–Trinajstić information content (AvgIpc) is 3.10. The van der Waals surface area contributed by atoms with Gasteiger partial charge in [-0.05, 0) is 37.3 Å². The Kier molecular flexibility index (Phi) is 5.58. The summed E-state index contributed by atoms with van der Waals surface area (Å²) in [6.07, 6.45) is -0.124. The van der Waals surface area contributed by atoms with Gasteiger partial charge in [0.25, 0.3) is 0 Å². The zero-order valence-corrected chi connectivity index (χ0v) is 17.9. The summed E-state index contributed by atoms with van der Waals surface area (Å²) in [6, 6.07) is 10.3. The molecule has 9 nitrogen and oxygen atoms in total. The average molecular weight is 455 g/mol. The first-order valence-corrected chi connectivity index (χ1v) is 10.0. The van der Waals surface area contributed by atoms with Gasteiger partial charge >= 0.3 is 5.97 Å². The number of aromatic carboxylic acids is 1. The van der Waals surface area contributed by atoms with Gasteiger partial charge < -0.3 is 20.5 Å². The van der Waals surface area contributed by atoms with E-state index < -0.39 is 17.9 Å². The van der Waals surface area contributed by atoms with Crippen molar-refractivity contribution < 1.29 is 24.2 Å². The highest BCUT2D eigenvalue weighted by Gasteiger charge is 2.34. The zero-order chi connectivity index (χ0) is 23.0. The largest absolute Gasteiger partial charge is 0.495 e. The second kappa shape index (κ2) is 8.35. The van der Waals surface area contributed by atoms with Gasteiger partial charge in [0.15, 0.2) is 0 Å². The van der Waals surface area contributed by atoms with Crippen molar-refractivity contribution in [2.75, 3.05) is 17.7 Å². The quantitative estimate of drug-likeness (QED) is 0.539. The maximum atomic E-state index is 13.2. The number of rotatable bonds is 5. The van der Waals surface area contributed by atoms with Gasteiger partial charge in [-0.15, -0.1) is 0 Å². The molecule has 1 aliphatic heterocycles. The van der Waals surface area contributed by atoms with Gasteiger partial charge in [-0.3, -0.25) is 9.59 Å². The van der Waals surface area contributed by atoms with Crippen LogP contribution in [-0.4, -0.2) is 39.8 Å². The molecule has 0 radical (unpaired) electrons. The number of nitrogens with one attached hydrogen (secondary N) is 2. The van der Waals surface area contributed by atoms with Gasteiger partial charge in [-0.1, -0.05) is 23.7 Å². The van der Waals surface area contributed by atoms with E-state index in [1.54, 1.807) is 12.1 Å². The van der Waals surface area contributed by atoms with E-state index in [9.17, 15) is 19.5 Å². The van der Waals surface area contributed by atoms with Crippen LogP contribution in [0.2, 0.25) is 5.02 Å². The Labute approximate surface area is 187 Å². The van der Waals surface area contributed by atoms with E-state index >= 15 is 0 Å². The molecule has 0 saturated heterocycles. The molecular weight excluding hydrogens is 436 g/mol. The Hall–Kier alpha value is -3.85. The minimum absolute atomic E-state index is 0.0110. The first-order valence-electron chi connectivity index (χ1n) is 9.65. The zero-order valence-electron chi connectivity index (χ0n) is 17.2. The number of carboxylic acid groups (broad SMARTS) is 1. The Morgan fingerprint density at radius 2 is 1.97 bits per heavy atom. The number of halogens is 1. The van der Waals surface area contributed by atoms with E-state index in [0.717, 1.165) is 5.56 Å². The van der Waals surface area contributed by atoms with Crippen molar-refractivity contribution in [3.63, 3.8) is 0 Å². The molecule has 0 aliphatic carbocycles. The van der Waals surface area contributed by atoms with Gasteiger partial charge in [0.1, 0.15) is 17.6 Å². The third-order valence-electron chi connectivity index (χ3n) is 5.20. The number of benzene rings is 2. The fourth-order valence-electron chi connectivity index (χ4n) is 3.58. The number of carboxylic acids is 1. The summed E-state index contributed by atoms with van der Waals surface area (Å²) >= 11 is 5.97. The molecule has 32 heavy (non-hydrogen) atoms. The molecule has 1 aromatic heterocycles. The highest BCUT2D eigenvalue weighted by molar-refractivity contribution is 6.30. The standard InChI is InChI=1S/C22H19ClN4O5/c1-11-19(12-3-6-14(23)7-4-12)26-27-16(10-18(28)25-20(11)27)21(29)24-15-9-13(22(30)31)5-8-17(15)32-2/h3-9,16H,10H2,1-2H3,(H,24,29)(H,25,28)(H,30,31). The Balaban J connectivity index is 1.70. The number of fused-ring (bicyclic) bond motifs is 1. The van der Waals surface area contributed by atoms with Crippen molar-refractivity contribution in [1.82, 2.24) is 9.78 Å². The normalized spacial score (nSPS) is 15.0. The summed E-state index contributed by atoms with van der Waals surface area (Å²) in [5.74, 6) is -1.26. The Morgan fingerprint density at radius 3 is 2.62 bits per heavy atom. The van der Waals surface area contributed by atoms with Crippen LogP contribution in [0.5, 0.6) is 5.75 Å². The van der Waals surface area contributed by atoms with E-state index in [1.165, 1.54) is 30.0 Å². The molecule has 4 rings (SSSR count). The third-order valence-corrected chi connectivity index (χ3v) is 5.46. The summed E-state index contributed by atoms with van der Waals surface area (Å²) in [6.45, 7) is 1.81. The predicted molar refractivity (Wildman–Crippen MR) is 118 cm³/mol. The maximum absolute atomic E-state index is 13.2. The molecule has 0 bridgehead atoms. The number of ether oxygens (including phenoxy) is 1. The van der Waals surface area contributed by atoms with Gasteiger partial charge in [-0.25, -0.2) is 9.48 Å². The molecule has 1 aliphatic rings. The summed E-state index contributed by atoms with van der Waals surface area (Å²) in [5.41, 5.74) is 2.29. The molecule has 1 atom stereocenters. The molecule has 0 saturated carbocycles. The predicted octanol–water partition coefficient (Wildman–Crippen LogP) is 3.74. The lowest BCUT2D eigenvalue weighted by atomic mass is 10.1. The van der Waals surface area contributed by atoms with Crippen LogP contribution >= 0.6 is 11.6 Å². The van der Waals surface area contributed by atoms with Gasteiger partial charge in [-0.2, -0.15) is 5.10 Å². The minimum Gasteiger partial charge on any atom is -0.495 e. The molecule has 164 valence electrons. The Morgan fingerprint density at radius 1 is 1.25 bits per heavy atom. The molecule has 0 fully saturated rings. The van der Waals surface area contributed by atoms with Crippen LogP contribution in [0.1, 0.15) is 28.4 Å². The highest BCUT2D eigenvalue weighted by Crippen LogP contribution is 2.35. The van der Waals surface area contributed by atoms with Crippen molar-refractivity contribution in [3.8, 4) is 17.0 Å². The summed E-state index contributed by atoms with van der Waals surface area (Å²) in [4.78, 5) is 36.8. The molecule has 10 heteroatoms. The molecule has 2 aromatic carbocycles. The molecule has 2 heterocycles. The third kappa shape index (κ3) is 3.90. The number of carbonyl (C=O) groups is 3. The van der Waals surface area contributed by atoms with Crippen LogP contribution in [-0.2, 0) is 9.59 Å². The minimum atomic E-state index is -1.14. The SMILES string of the molecule is COc1ccc(C(=O)O)cc1NC(=O)C1CC(=O)Nc2c(C)c(-c3ccc(Cl)cc3)nn21.